The first-order chi connectivity index (χ1) is 30.4. The Kier molecular flexibility index (Phi) is 14.9. The number of β-amino-alcohol motifs (C(OH)–C–C–N with tert-alkyl or cyclic N) is 1. The maximum Gasteiger partial charge on any atom is 0.254 e. The normalized spacial score (nSPS) is 20.5. The van der Waals surface area contributed by atoms with Crippen LogP contribution in [0.2, 0.25) is 5.02 Å². The molecule has 338 valence electrons. The fourth-order valence-electron chi connectivity index (χ4n) is 9.02. The van der Waals surface area contributed by atoms with Crippen LogP contribution in [0.3, 0.4) is 0 Å². The second-order valence-corrected chi connectivity index (χ2v) is 18.3. The number of hydrogen-bond donors (Lipinski definition) is 5. The number of aliphatic hydroxyl groups is 1. The van der Waals surface area contributed by atoms with E-state index in [-0.39, 0.29) is 67.3 Å². The summed E-state index contributed by atoms with van der Waals surface area (Å²) in [6.45, 7) is 15.7. The minimum atomic E-state index is -0.872. The number of carbonyl (C=O) groups excluding carboxylic acids is 3. The largest absolute Gasteiger partial charge is 0.489 e. The number of carbonyl (C=O) groups is 3. The summed E-state index contributed by atoms with van der Waals surface area (Å²) in [4.78, 5) is 46.6. The molecular weight excluding hydrogens is 838 g/mol. The second kappa shape index (κ2) is 20.1. The third-order valence-electron chi connectivity index (χ3n) is 12.1. The molecule has 3 amide bonds. The molecule has 0 unspecified atom stereocenters. The van der Waals surface area contributed by atoms with Gasteiger partial charge in [0.05, 0.1) is 39.9 Å². The Labute approximate surface area is 378 Å². The summed E-state index contributed by atoms with van der Waals surface area (Å²) < 4.78 is 17.7. The van der Waals surface area contributed by atoms with Gasteiger partial charge in [0.15, 0.2) is 5.76 Å². The van der Waals surface area contributed by atoms with E-state index in [2.05, 4.69) is 43.5 Å². The van der Waals surface area contributed by atoms with Gasteiger partial charge in [0.1, 0.15) is 42.3 Å². The van der Waals surface area contributed by atoms with E-state index >= 15 is 0 Å². The number of hydrogen-bond acceptors (Lipinski definition) is 13. The van der Waals surface area contributed by atoms with E-state index in [9.17, 15) is 24.8 Å². The molecule has 4 aromatic rings. The van der Waals surface area contributed by atoms with Crippen LogP contribution in [-0.4, -0.2) is 94.9 Å². The SMILES string of the molecule is CC(C)[C@@H](C(=O)N1C[C@H](O)C[C@H]1C(=O)N[C@@H](C)c1ccc(C#N)cc1)c1cc(OCCNCCNc2ccc(C(=O)N[C@H]3C(C)(C)[C@H](Oc4ccc(C#N)c(Cl)c4)C3(C)C)cn2)no1. The van der Waals surface area contributed by atoms with Gasteiger partial charge in [-0.05, 0) is 60.0 Å². The van der Waals surface area contributed by atoms with Crippen LogP contribution in [0.5, 0.6) is 11.6 Å². The van der Waals surface area contributed by atoms with Gasteiger partial charge in [-0.15, -0.1) is 0 Å². The minimum Gasteiger partial charge on any atom is -0.489 e. The molecule has 2 aromatic heterocycles. The van der Waals surface area contributed by atoms with E-state index in [0.29, 0.717) is 58.7 Å². The van der Waals surface area contributed by atoms with Gasteiger partial charge in [-0.25, -0.2) is 4.98 Å². The molecule has 3 heterocycles. The van der Waals surface area contributed by atoms with Gasteiger partial charge in [0.2, 0.25) is 11.8 Å². The molecule has 64 heavy (non-hydrogen) atoms. The van der Waals surface area contributed by atoms with Crippen LogP contribution in [0.1, 0.15) is 99.7 Å². The molecule has 5 N–H and O–H groups in total. The van der Waals surface area contributed by atoms with Crippen molar-refractivity contribution in [3.8, 4) is 23.8 Å². The number of amides is 3. The van der Waals surface area contributed by atoms with Crippen LogP contribution in [0, 0.1) is 39.4 Å². The predicted molar refractivity (Wildman–Crippen MR) is 238 cm³/mol. The van der Waals surface area contributed by atoms with Crippen molar-refractivity contribution in [1.82, 2.24) is 31.0 Å². The molecule has 4 atom stereocenters. The van der Waals surface area contributed by atoms with Gasteiger partial charge in [0, 0.05) is 67.8 Å². The topological polar surface area (TPSA) is 228 Å². The van der Waals surface area contributed by atoms with E-state index in [4.69, 9.17) is 30.9 Å². The average Bonchev–Trinajstić information content (AvgIpc) is 3.90. The van der Waals surface area contributed by atoms with Gasteiger partial charge < -0.3 is 45.3 Å². The standard InChI is InChI=1S/C47H56ClN9O7/c1-27(2)40(43(61)57-26-33(58)20-36(57)42(60)54-28(3)30-10-8-29(23-49)9-11-30)37-22-39(56-64-37)62-19-18-51-16-17-52-38-15-13-32(25-53-38)41(59)55-44-46(4,5)45(47(44,6)7)63-34-14-12-31(24-50)35(48)21-34/h8-15,21-22,25,27-28,33,36,40,44-45,51,58H,16-20,26H2,1-7H3,(H,52,53)(H,54,60)(H,55,59)/t28-,33+,36-,40+,44-,45-/m0/s1. The number of nitriles is 2. The molecule has 6 rings (SSSR count). The highest BCUT2D eigenvalue weighted by molar-refractivity contribution is 6.31. The zero-order chi connectivity index (χ0) is 46.3. The van der Waals surface area contributed by atoms with Crippen molar-refractivity contribution < 1.29 is 33.5 Å². The lowest BCUT2D eigenvalue weighted by molar-refractivity contribution is -0.164. The summed E-state index contributed by atoms with van der Waals surface area (Å²) >= 11 is 6.23. The highest BCUT2D eigenvalue weighted by Gasteiger charge is 2.64. The summed E-state index contributed by atoms with van der Waals surface area (Å²) in [5.41, 5.74) is 1.33. The van der Waals surface area contributed by atoms with Crippen molar-refractivity contribution in [2.45, 2.75) is 91.1 Å². The Bertz CT molecular complexity index is 2360. The number of nitrogens with one attached hydrogen (secondary N) is 4. The van der Waals surface area contributed by atoms with Crippen LogP contribution < -0.4 is 30.7 Å². The van der Waals surface area contributed by atoms with E-state index in [1.54, 1.807) is 66.9 Å². The molecule has 16 nitrogen and oxygen atoms in total. The predicted octanol–water partition coefficient (Wildman–Crippen LogP) is 5.74. The molecule has 1 saturated heterocycles. The maximum atomic E-state index is 14.0. The van der Waals surface area contributed by atoms with Gasteiger partial charge in [0.25, 0.3) is 11.8 Å². The third kappa shape index (κ3) is 10.6. The van der Waals surface area contributed by atoms with E-state index in [0.717, 1.165) is 5.56 Å². The van der Waals surface area contributed by atoms with Gasteiger partial charge in [-0.1, -0.05) is 65.3 Å². The Morgan fingerprint density at radius 2 is 1.72 bits per heavy atom. The van der Waals surface area contributed by atoms with E-state index in [1.165, 1.54) is 4.90 Å². The number of anilines is 1. The van der Waals surface area contributed by atoms with Crippen molar-refractivity contribution in [1.29, 1.82) is 10.5 Å². The summed E-state index contributed by atoms with van der Waals surface area (Å²) in [5, 5.41) is 45.9. The molecule has 1 aliphatic heterocycles. The average molecular weight is 894 g/mol. The quantitative estimate of drug-likeness (QED) is 0.0753. The van der Waals surface area contributed by atoms with Crippen molar-refractivity contribution in [2.24, 2.45) is 16.7 Å². The Morgan fingerprint density at radius 3 is 2.36 bits per heavy atom. The number of nitrogens with zero attached hydrogens (tertiary/aromatic N) is 5. The number of benzene rings is 2. The van der Waals surface area contributed by atoms with Crippen molar-refractivity contribution in [3.05, 3.63) is 99.9 Å². The lowest BCUT2D eigenvalue weighted by Gasteiger charge is -2.63. The lowest BCUT2D eigenvalue weighted by atomic mass is 9.49. The number of pyridine rings is 1. The monoisotopic (exact) mass is 893 g/mol. The lowest BCUT2D eigenvalue weighted by Crippen LogP contribution is -2.74. The zero-order valence-electron chi connectivity index (χ0n) is 37.1. The fourth-order valence-corrected chi connectivity index (χ4v) is 9.23. The van der Waals surface area contributed by atoms with Gasteiger partial charge in [-0.2, -0.15) is 10.5 Å². The van der Waals surface area contributed by atoms with E-state index in [1.807, 2.05) is 48.5 Å². The van der Waals surface area contributed by atoms with Crippen LogP contribution in [0.4, 0.5) is 5.82 Å². The third-order valence-corrected chi connectivity index (χ3v) is 12.4. The molecule has 2 aromatic carbocycles. The first kappa shape index (κ1) is 47.3. The summed E-state index contributed by atoms with van der Waals surface area (Å²) in [7, 11) is 0. The van der Waals surface area contributed by atoms with Crippen molar-refractivity contribution in [3.63, 3.8) is 0 Å². The van der Waals surface area contributed by atoms with E-state index < -0.39 is 28.9 Å². The Hall–Kier alpha value is -6.20. The first-order valence-corrected chi connectivity index (χ1v) is 21.8. The highest BCUT2D eigenvalue weighted by atomic mass is 35.5. The second-order valence-electron chi connectivity index (χ2n) is 17.9. The van der Waals surface area contributed by atoms with Gasteiger partial charge >= 0.3 is 0 Å². The molecule has 0 radical (unpaired) electrons. The summed E-state index contributed by atoms with van der Waals surface area (Å²) in [5.74, 6) is -0.230. The summed E-state index contributed by atoms with van der Waals surface area (Å²) in [6.07, 6.45) is 0.568. The Balaban J connectivity index is 0.915. The molecule has 1 saturated carbocycles. The number of halogens is 1. The number of aromatic nitrogens is 2. The van der Waals surface area contributed by atoms with Crippen LogP contribution in [0.25, 0.3) is 0 Å². The highest BCUT2D eigenvalue weighted by Crippen LogP contribution is 2.55. The minimum absolute atomic E-state index is 0.0118. The number of aliphatic hydroxyl groups excluding tert-OH is 1. The van der Waals surface area contributed by atoms with Crippen LogP contribution in [-0.2, 0) is 9.59 Å². The van der Waals surface area contributed by atoms with Gasteiger partial charge in [-0.3, -0.25) is 14.4 Å². The number of ether oxygens (including phenoxy) is 2. The summed E-state index contributed by atoms with van der Waals surface area (Å²) in [6, 6.07) is 19.7. The molecule has 1 aliphatic carbocycles. The smallest absolute Gasteiger partial charge is 0.254 e. The van der Waals surface area contributed by atoms with Crippen LogP contribution in [0.15, 0.2) is 71.4 Å². The first-order valence-electron chi connectivity index (χ1n) is 21.4. The molecule has 0 bridgehead atoms. The van der Waals surface area contributed by atoms with Crippen LogP contribution >= 0.6 is 11.6 Å². The molecule has 17 heteroatoms. The zero-order valence-corrected chi connectivity index (χ0v) is 37.9. The Morgan fingerprint density at radius 1 is 0.984 bits per heavy atom. The molecular formula is C47H56ClN9O7. The van der Waals surface area contributed by atoms with Crippen molar-refractivity contribution >= 4 is 35.1 Å². The van der Waals surface area contributed by atoms with Crippen molar-refractivity contribution in [2.75, 3.05) is 38.1 Å². The molecule has 2 fully saturated rings. The number of likely N-dealkylation sites (tertiary alicyclic amines) is 1. The molecule has 2 aliphatic rings. The number of rotatable bonds is 18. The molecule has 0 spiro atoms. The fraction of sp³-hybridized carbons (Fsp3) is 0.468. The maximum absolute atomic E-state index is 14.0.